The standard InChI is InChI=1S/C30H53ClO4/c1-4-5-6-7-8-9-10-11-12-13-14-15-16-17-21-26(30(2,3)31)22-19-18-20-25-23-24-27(32)28(33)29(25)35-34/h23-24,26,32-34H,4-22H2,1-3H3. The van der Waals surface area contributed by atoms with E-state index in [0.29, 0.717) is 17.9 Å². The van der Waals surface area contributed by atoms with E-state index in [9.17, 15) is 10.2 Å². The summed E-state index contributed by atoms with van der Waals surface area (Å²) in [4.78, 5) is 4.08. The summed E-state index contributed by atoms with van der Waals surface area (Å²) in [5.41, 5.74) is 0.691. The van der Waals surface area contributed by atoms with Gasteiger partial charge in [-0.1, -0.05) is 109 Å². The molecule has 0 bridgehead atoms. The molecule has 1 aromatic carbocycles. The molecule has 0 amide bonds. The Morgan fingerprint density at radius 2 is 1.20 bits per heavy atom. The van der Waals surface area contributed by atoms with Crippen LogP contribution in [0.25, 0.3) is 0 Å². The fraction of sp³-hybridized carbons (Fsp3) is 0.800. The third kappa shape index (κ3) is 14.3. The summed E-state index contributed by atoms with van der Waals surface area (Å²) in [5, 5.41) is 28.4. The van der Waals surface area contributed by atoms with Gasteiger partial charge in [-0.25, -0.2) is 5.26 Å². The zero-order chi connectivity index (χ0) is 25.9. The van der Waals surface area contributed by atoms with Crippen LogP contribution in [0.3, 0.4) is 0 Å². The molecule has 0 heterocycles. The molecule has 0 radical (unpaired) electrons. The second kappa shape index (κ2) is 19.0. The molecule has 35 heavy (non-hydrogen) atoms. The Morgan fingerprint density at radius 1 is 0.743 bits per heavy atom. The maximum atomic E-state index is 9.83. The summed E-state index contributed by atoms with van der Waals surface area (Å²) in [5.74, 6) is -0.289. The molecule has 1 rings (SSSR count). The Hall–Kier alpha value is -1.13. The van der Waals surface area contributed by atoms with Gasteiger partial charge in [0.25, 0.3) is 0 Å². The number of phenols is 2. The molecule has 1 unspecified atom stereocenters. The van der Waals surface area contributed by atoms with Crippen LogP contribution >= 0.6 is 11.6 Å². The lowest BCUT2D eigenvalue weighted by atomic mass is 9.85. The first-order valence-electron chi connectivity index (χ1n) is 14.3. The zero-order valence-corrected chi connectivity index (χ0v) is 23.6. The van der Waals surface area contributed by atoms with Gasteiger partial charge in [-0.3, -0.25) is 0 Å². The van der Waals surface area contributed by atoms with Crippen LogP contribution in [0.4, 0.5) is 0 Å². The normalized spacial score (nSPS) is 12.7. The minimum atomic E-state index is -0.414. The van der Waals surface area contributed by atoms with E-state index < -0.39 is 5.75 Å². The maximum Gasteiger partial charge on any atom is 0.213 e. The first kappa shape index (κ1) is 31.9. The van der Waals surface area contributed by atoms with Crippen molar-refractivity contribution >= 4 is 11.6 Å². The fourth-order valence-corrected chi connectivity index (χ4v) is 5.24. The highest BCUT2D eigenvalue weighted by Gasteiger charge is 2.26. The number of phenolic OH excluding ortho intramolecular Hbond substituents is 2. The van der Waals surface area contributed by atoms with E-state index in [4.69, 9.17) is 16.9 Å². The molecule has 0 aliphatic heterocycles. The van der Waals surface area contributed by atoms with Crippen molar-refractivity contribution in [3.63, 3.8) is 0 Å². The van der Waals surface area contributed by atoms with Gasteiger partial charge in [0.2, 0.25) is 11.5 Å². The second-order valence-corrected chi connectivity index (χ2v) is 11.9. The van der Waals surface area contributed by atoms with Gasteiger partial charge in [0.1, 0.15) is 0 Å². The Morgan fingerprint density at radius 3 is 1.66 bits per heavy atom. The lowest BCUT2D eigenvalue weighted by molar-refractivity contribution is -0.139. The Balaban J connectivity index is 2.14. The predicted molar refractivity (Wildman–Crippen MR) is 149 cm³/mol. The highest BCUT2D eigenvalue weighted by Crippen LogP contribution is 2.39. The summed E-state index contributed by atoms with van der Waals surface area (Å²) in [6, 6.07) is 3.10. The summed E-state index contributed by atoms with van der Waals surface area (Å²) in [6.07, 6.45) is 24.1. The number of halogens is 1. The molecule has 4 nitrogen and oxygen atoms in total. The number of alkyl halides is 1. The number of rotatable bonds is 22. The smallest absolute Gasteiger partial charge is 0.213 e. The van der Waals surface area contributed by atoms with Crippen molar-refractivity contribution in [2.45, 2.75) is 148 Å². The molecule has 0 saturated carbocycles. The third-order valence-electron chi connectivity index (χ3n) is 7.41. The highest BCUT2D eigenvalue weighted by atomic mass is 35.5. The van der Waals surface area contributed by atoms with Crippen molar-refractivity contribution in [2.24, 2.45) is 5.92 Å². The number of aryl methyl sites for hydroxylation is 1. The van der Waals surface area contributed by atoms with Crippen LogP contribution in [0.1, 0.15) is 142 Å². The van der Waals surface area contributed by atoms with Gasteiger partial charge < -0.3 is 15.1 Å². The molecule has 3 N–H and O–H groups in total. The first-order chi connectivity index (χ1) is 16.8. The van der Waals surface area contributed by atoms with Gasteiger partial charge in [0, 0.05) is 10.4 Å². The summed E-state index contributed by atoms with van der Waals surface area (Å²) in [7, 11) is 0. The monoisotopic (exact) mass is 512 g/mol. The Bertz CT molecular complexity index is 656. The van der Waals surface area contributed by atoms with Crippen molar-refractivity contribution < 1.29 is 20.4 Å². The predicted octanol–water partition coefficient (Wildman–Crippen LogP) is 10.2. The topological polar surface area (TPSA) is 69.9 Å². The minimum absolute atomic E-state index is 0.0540. The van der Waals surface area contributed by atoms with Crippen LogP contribution in [0, 0.1) is 5.92 Å². The van der Waals surface area contributed by atoms with E-state index in [-0.39, 0.29) is 16.4 Å². The van der Waals surface area contributed by atoms with E-state index in [2.05, 4.69) is 25.7 Å². The second-order valence-electron chi connectivity index (χ2n) is 10.9. The Labute approximate surface area is 220 Å². The molecule has 0 saturated heterocycles. The van der Waals surface area contributed by atoms with Gasteiger partial charge in [-0.2, -0.15) is 0 Å². The first-order valence-corrected chi connectivity index (χ1v) is 14.7. The molecule has 0 fully saturated rings. The number of unbranched alkanes of at least 4 members (excludes halogenated alkanes) is 14. The maximum absolute atomic E-state index is 9.83. The van der Waals surface area contributed by atoms with E-state index in [1.165, 1.54) is 102 Å². The van der Waals surface area contributed by atoms with Crippen LogP contribution in [0.5, 0.6) is 17.2 Å². The third-order valence-corrected chi connectivity index (χ3v) is 7.72. The average Bonchev–Trinajstić information content (AvgIpc) is 2.82. The summed E-state index contributed by atoms with van der Waals surface area (Å²) < 4.78 is 0. The molecule has 1 atom stereocenters. The number of hydrogen-bond donors (Lipinski definition) is 3. The summed E-state index contributed by atoms with van der Waals surface area (Å²) >= 11 is 6.73. The van der Waals surface area contributed by atoms with E-state index in [1.807, 2.05) is 0 Å². The van der Waals surface area contributed by atoms with Gasteiger partial charge in [-0.15, -0.1) is 11.6 Å². The van der Waals surface area contributed by atoms with Crippen molar-refractivity contribution in [3.8, 4) is 17.2 Å². The van der Waals surface area contributed by atoms with Gasteiger partial charge >= 0.3 is 0 Å². The van der Waals surface area contributed by atoms with Crippen LogP contribution in [-0.4, -0.2) is 20.3 Å². The SMILES string of the molecule is CCCCCCCCCCCCCCCCC(CCCCc1ccc(O)c(O)c1OO)C(C)(C)Cl. The van der Waals surface area contributed by atoms with Gasteiger partial charge in [0.05, 0.1) is 0 Å². The number of hydrogen-bond acceptors (Lipinski definition) is 4. The average molecular weight is 513 g/mol. The van der Waals surface area contributed by atoms with E-state index in [0.717, 1.165) is 19.3 Å². The van der Waals surface area contributed by atoms with E-state index >= 15 is 0 Å². The number of benzene rings is 1. The quantitative estimate of drug-likeness (QED) is 0.0475. The lowest BCUT2D eigenvalue weighted by Crippen LogP contribution is -2.24. The largest absolute Gasteiger partial charge is 0.504 e. The molecule has 0 spiro atoms. The molecule has 0 aliphatic rings. The van der Waals surface area contributed by atoms with Crippen molar-refractivity contribution in [3.05, 3.63) is 17.7 Å². The van der Waals surface area contributed by atoms with Crippen LogP contribution in [0.2, 0.25) is 0 Å². The van der Waals surface area contributed by atoms with Crippen LogP contribution in [-0.2, 0) is 6.42 Å². The molecule has 204 valence electrons. The fourth-order valence-electron chi connectivity index (χ4n) is 5.02. The lowest BCUT2D eigenvalue weighted by Gasteiger charge is -2.29. The minimum Gasteiger partial charge on any atom is -0.504 e. The number of aromatic hydroxyl groups is 2. The molecule has 1 aromatic rings. The highest BCUT2D eigenvalue weighted by molar-refractivity contribution is 6.23. The van der Waals surface area contributed by atoms with Crippen molar-refractivity contribution in [1.29, 1.82) is 0 Å². The van der Waals surface area contributed by atoms with Crippen LogP contribution in [0.15, 0.2) is 12.1 Å². The van der Waals surface area contributed by atoms with Crippen molar-refractivity contribution in [1.82, 2.24) is 0 Å². The molecular weight excluding hydrogens is 460 g/mol. The zero-order valence-electron chi connectivity index (χ0n) is 22.8. The molecular formula is C30H53ClO4. The molecule has 0 aliphatic carbocycles. The van der Waals surface area contributed by atoms with Gasteiger partial charge in [0.15, 0.2) is 5.75 Å². The van der Waals surface area contributed by atoms with Crippen LogP contribution < -0.4 is 4.89 Å². The molecule has 5 heteroatoms. The van der Waals surface area contributed by atoms with Gasteiger partial charge in [-0.05, 0) is 51.5 Å². The van der Waals surface area contributed by atoms with E-state index in [1.54, 1.807) is 6.07 Å². The summed E-state index contributed by atoms with van der Waals surface area (Å²) in [6.45, 7) is 6.52. The van der Waals surface area contributed by atoms with Crippen molar-refractivity contribution in [2.75, 3.05) is 0 Å². The molecule has 0 aromatic heterocycles. The Kier molecular flexibility index (Phi) is 17.4.